The Labute approximate surface area is 600 Å². The molecule has 0 aromatic rings. The van der Waals surface area contributed by atoms with E-state index in [4.69, 9.17) is 37.0 Å². The Morgan fingerprint density at radius 3 is 0.724 bits per heavy atom. The van der Waals surface area contributed by atoms with E-state index < -0.39 is 97.5 Å². The van der Waals surface area contributed by atoms with Crippen LogP contribution in [0.3, 0.4) is 0 Å². The predicted molar refractivity (Wildman–Crippen MR) is 400 cm³/mol. The van der Waals surface area contributed by atoms with E-state index in [0.717, 1.165) is 95.8 Å². The molecule has 0 aromatic heterocycles. The largest absolute Gasteiger partial charge is 0.472 e. The molecule has 98 heavy (non-hydrogen) atoms. The second-order valence-corrected chi connectivity index (χ2v) is 31.6. The van der Waals surface area contributed by atoms with Crippen molar-refractivity contribution in [2.24, 2.45) is 5.92 Å². The van der Waals surface area contributed by atoms with Crippen LogP contribution in [0.1, 0.15) is 420 Å². The van der Waals surface area contributed by atoms with Gasteiger partial charge in [0, 0.05) is 25.7 Å². The first-order valence-electron chi connectivity index (χ1n) is 41.2. The maximum Gasteiger partial charge on any atom is 0.472 e. The number of phosphoric ester groups is 2. The zero-order valence-corrected chi connectivity index (χ0v) is 65.7. The molecule has 0 fully saturated rings. The number of hydrogen-bond acceptors (Lipinski definition) is 15. The molecule has 0 aliphatic rings. The number of hydrogen-bond donors (Lipinski definition) is 3. The van der Waals surface area contributed by atoms with E-state index in [-0.39, 0.29) is 25.7 Å². The molecular weight excluding hydrogens is 1280 g/mol. The van der Waals surface area contributed by atoms with Crippen LogP contribution in [0.4, 0.5) is 0 Å². The highest BCUT2D eigenvalue weighted by molar-refractivity contribution is 7.47. The number of unbranched alkanes of at least 4 members (excludes halogenated alkanes) is 50. The normalized spacial score (nSPS) is 14.2. The molecule has 0 spiro atoms. The van der Waals surface area contributed by atoms with Crippen LogP contribution in [0.25, 0.3) is 0 Å². The van der Waals surface area contributed by atoms with E-state index in [1.807, 2.05) is 0 Å². The van der Waals surface area contributed by atoms with Gasteiger partial charge in [0.05, 0.1) is 26.4 Å². The van der Waals surface area contributed by atoms with Crippen molar-refractivity contribution in [1.29, 1.82) is 0 Å². The van der Waals surface area contributed by atoms with Gasteiger partial charge in [0.2, 0.25) is 0 Å². The second kappa shape index (κ2) is 72.0. The SMILES string of the molecule is CCCCCCCCCCCCCCC(=O)OC[C@H](COP(=O)(O)OC[C@H](O)COP(=O)(O)OC[C@@H](COC(=O)CCCCCCCCCCCCCC)OC(=O)CCCCCCCCCCCCCCCCCCCCC(C)CC)OC(=O)CCCCCCCCCCCCCC. The minimum absolute atomic E-state index is 0.108. The summed E-state index contributed by atoms with van der Waals surface area (Å²) in [5.41, 5.74) is 0. The summed E-state index contributed by atoms with van der Waals surface area (Å²) in [6.07, 6.45) is 62.3. The Morgan fingerprint density at radius 2 is 0.490 bits per heavy atom. The third-order valence-electron chi connectivity index (χ3n) is 18.9. The number of esters is 4. The smallest absolute Gasteiger partial charge is 0.462 e. The van der Waals surface area contributed by atoms with Gasteiger partial charge < -0.3 is 33.8 Å². The van der Waals surface area contributed by atoms with Crippen molar-refractivity contribution < 1.29 is 80.2 Å². The first-order valence-corrected chi connectivity index (χ1v) is 44.2. The van der Waals surface area contributed by atoms with Gasteiger partial charge >= 0.3 is 39.5 Å². The number of carbonyl (C=O) groups excluding carboxylic acids is 4. The van der Waals surface area contributed by atoms with Gasteiger partial charge in [-0.1, -0.05) is 369 Å². The van der Waals surface area contributed by atoms with Crippen LogP contribution in [-0.4, -0.2) is 96.7 Å². The Morgan fingerprint density at radius 1 is 0.286 bits per heavy atom. The standard InChI is InChI=1S/C79H154O17P2/c1-6-10-13-16-19-22-25-37-42-47-52-57-62-76(81)89-68-74(95-78(83)64-59-54-49-44-39-27-24-21-18-15-12-8-3)70-93-97(85,86)91-66-73(80)67-92-98(87,88)94-71-75(69-90-77(82)63-58-53-48-43-38-26-23-20-17-14-11-7-2)96-79(84)65-60-55-50-45-40-35-33-31-29-28-30-32-34-36-41-46-51-56-61-72(5)9-4/h72-75,80H,6-71H2,1-5H3,(H,85,86)(H,87,88)/t72?,73-,74+,75+/m0/s1. The van der Waals surface area contributed by atoms with Gasteiger partial charge in [0.25, 0.3) is 0 Å². The number of aliphatic hydroxyl groups excluding tert-OH is 1. The summed E-state index contributed by atoms with van der Waals surface area (Å²) in [6.45, 7) is 7.38. The van der Waals surface area contributed by atoms with Crippen molar-refractivity contribution >= 4 is 39.5 Å². The first-order chi connectivity index (χ1) is 47.6. The van der Waals surface area contributed by atoms with Crippen LogP contribution in [0.15, 0.2) is 0 Å². The van der Waals surface area contributed by atoms with Gasteiger partial charge in [0.1, 0.15) is 19.3 Å². The monoisotopic (exact) mass is 1440 g/mol. The zero-order valence-electron chi connectivity index (χ0n) is 63.9. The molecule has 0 rings (SSSR count). The number of carbonyl (C=O) groups is 4. The summed E-state index contributed by atoms with van der Waals surface area (Å²) in [5, 5.41) is 10.6. The molecule has 0 aliphatic carbocycles. The van der Waals surface area contributed by atoms with Crippen molar-refractivity contribution in [3.63, 3.8) is 0 Å². The molecule has 0 aromatic carbocycles. The van der Waals surface area contributed by atoms with E-state index in [2.05, 4.69) is 34.6 Å². The zero-order chi connectivity index (χ0) is 71.9. The van der Waals surface area contributed by atoms with Gasteiger partial charge in [-0.15, -0.1) is 0 Å². The van der Waals surface area contributed by atoms with Gasteiger partial charge in [0.15, 0.2) is 12.2 Å². The van der Waals surface area contributed by atoms with E-state index in [9.17, 15) is 43.2 Å². The van der Waals surface area contributed by atoms with Crippen LogP contribution in [0, 0.1) is 5.92 Å². The fourth-order valence-corrected chi connectivity index (χ4v) is 13.8. The number of aliphatic hydroxyl groups is 1. The third-order valence-corrected chi connectivity index (χ3v) is 20.8. The lowest BCUT2D eigenvalue weighted by atomic mass is 9.99. The molecular formula is C79H154O17P2. The third kappa shape index (κ3) is 71.1. The first kappa shape index (κ1) is 96.1. The summed E-state index contributed by atoms with van der Waals surface area (Å²) < 4.78 is 68.6. The van der Waals surface area contributed by atoms with Gasteiger partial charge in [-0.05, 0) is 31.6 Å². The molecule has 0 radical (unpaired) electrons. The highest BCUT2D eigenvalue weighted by Crippen LogP contribution is 2.45. The summed E-state index contributed by atoms with van der Waals surface area (Å²) in [4.78, 5) is 72.9. The lowest BCUT2D eigenvalue weighted by Gasteiger charge is -2.21. The maximum absolute atomic E-state index is 13.1. The van der Waals surface area contributed by atoms with E-state index in [0.29, 0.717) is 25.7 Å². The molecule has 19 heteroatoms. The molecule has 0 aliphatic heterocycles. The number of ether oxygens (including phenoxy) is 4. The fourth-order valence-electron chi connectivity index (χ4n) is 12.2. The van der Waals surface area contributed by atoms with Crippen LogP contribution >= 0.6 is 15.6 Å². The number of phosphoric acid groups is 2. The molecule has 0 bridgehead atoms. The van der Waals surface area contributed by atoms with Crippen molar-refractivity contribution in [1.82, 2.24) is 0 Å². The average molecular weight is 1440 g/mol. The van der Waals surface area contributed by atoms with E-state index >= 15 is 0 Å². The van der Waals surface area contributed by atoms with Crippen molar-refractivity contribution in [3.8, 4) is 0 Å². The van der Waals surface area contributed by atoms with Crippen molar-refractivity contribution in [2.75, 3.05) is 39.6 Å². The predicted octanol–water partition coefficient (Wildman–Crippen LogP) is 23.6. The topological polar surface area (TPSA) is 237 Å². The molecule has 582 valence electrons. The van der Waals surface area contributed by atoms with Crippen LogP contribution in [-0.2, 0) is 65.4 Å². The molecule has 0 amide bonds. The fraction of sp³-hybridized carbons (Fsp3) is 0.949. The molecule has 0 heterocycles. The molecule has 3 unspecified atom stereocenters. The average Bonchev–Trinajstić information content (AvgIpc) is 0.953. The minimum atomic E-state index is -4.96. The summed E-state index contributed by atoms with van der Waals surface area (Å²) in [5.74, 6) is -1.24. The second-order valence-electron chi connectivity index (χ2n) is 28.7. The van der Waals surface area contributed by atoms with Gasteiger partial charge in [-0.2, -0.15) is 0 Å². The Balaban J connectivity index is 5.19. The van der Waals surface area contributed by atoms with Gasteiger partial charge in [-0.25, -0.2) is 9.13 Å². The molecule has 17 nitrogen and oxygen atoms in total. The quantitative estimate of drug-likeness (QED) is 0.0222. The highest BCUT2D eigenvalue weighted by Gasteiger charge is 2.30. The summed E-state index contributed by atoms with van der Waals surface area (Å²) in [7, 11) is -9.91. The highest BCUT2D eigenvalue weighted by atomic mass is 31.2. The Bertz CT molecular complexity index is 1880. The lowest BCUT2D eigenvalue weighted by molar-refractivity contribution is -0.161. The summed E-state index contributed by atoms with van der Waals surface area (Å²) >= 11 is 0. The van der Waals surface area contributed by atoms with E-state index in [1.54, 1.807) is 0 Å². The van der Waals surface area contributed by atoms with E-state index in [1.165, 1.54) is 244 Å². The van der Waals surface area contributed by atoms with Crippen molar-refractivity contribution in [3.05, 3.63) is 0 Å². The minimum Gasteiger partial charge on any atom is -0.462 e. The maximum atomic E-state index is 13.1. The molecule has 0 saturated heterocycles. The lowest BCUT2D eigenvalue weighted by Crippen LogP contribution is -2.30. The number of rotatable bonds is 79. The Hall–Kier alpha value is -1.94. The molecule has 0 saturated carbocycles. The van der Waals surface area contributed by atoms with Gasteiger partial charge in [-0.3, -0.25) is 37.3 Å². The van der Waals surface area contributed by atoms with Crippen LogP contribution < -0.4 is 0 Å². The Kier molecular flexibility index (Phi) is 70.6. The van der Waals surface area contributed by atoms with Crippen LogP contribution in [0.5, 0.6) is 0 Å². The summed E-state index contributed by atoms with van der Waals surface area (Å²) in [6, 6.07) is 0. The van der Waals surface area contributed by atoms with Crippen molar-refractivity contribution in [2.45, 2.75) is 438 Å². The molecule has 3 N–H and O–H groups in total. The molecule has 6 atom stereocenters. The van der Waals surface area contributed by atoms with Crippen LogP contribution in [0.2, 0.25) is 0 Å².